The number of nitrogens with two attached hydrogens (primary N) is 1. The molecule has 0 aromatic carbocycles. The molecule has 18 heavy (non-hydrogen) atoms. The Balaban J connectivity index is 2.69. The van der Waals surface area contributed by atoms with Gasteiger partial charge in [-0.15, -0.1) is 6.58 Å². The number of aliphatic imine (C=N–C) groups is 1. The van der Waals surface area contributed by atoms with Crippen molar-refractivity contribution in [1.29, 1.82) is 0 Å². The van der Waals surface area contributed by atoms with E-state index in [-0.39, 0.29) is 11.3 Å². The highest BCUT2D eigenvalue weighted by Gasteiger charge is 2.41. The second kappa shape index (κ2) is 6.42. The molecule has 0 aromatic rings. The van der Waals surface area contributed by atoms with Gasteiger partial charge < -0.3 is 16.0 Å². The fraction of sp³-hybridized carbons (Fsp3) is 0.692. The molecule has 1 aliphatic rings. The maximum Gasteiger partial charge on any atom is 0.230 e. The molecular weight excluding hydrogens is 228 g/mol. The molecule has 0 unspecified atom stereocenters. The molecule has 3 N–H and O–H groups in total. The lowest BCUT2D eigenvalue weighted by molar-refractivity contribution is -0.138. The van der Waals surface area contributed by atoms with Crippen molar-refractivity contribution in [2.75, 3.05) is 27.2 Å². The van der Waals surface area contributed by atoms with Crippen LogP contribution in [0.15, 0.2) is 17.6 Å². The Kier molecular flexibility index (Phi) is 5.19. The van der Waals surface area contributed by atoms with E-state index in [1.807, 2.05) is 0 Å². The van der Waals surface area contributed by atoms with Crippen LogP contribution in [0.25, 0.3) is 0 Å². The minimum atomic E-state index is -0.343. The van der Waals surface area contributed by atoms with Crippen LogP contribution in [-0.2, 0) is 4.79 Å². The summed E-state index contributed by atoms with van der Waals surface area (Å²) in [6.07, 6.45) is 5.72. The van der Waals surface area contributed by atoms with E-state index in [1.54, 1.807) is 25.1 Å². The van der Waals surface area contributed by atoms with Crippen molar-refractivity contribution in [3.63, 3.8) is 0 Å². The molecule has 102 valence electrons. The Morgan fingerprint density at radius 1 is 1.50 bits per heavy atom. The van der Waals surface area contributed by atoms with E-state index in [0.717, 1.165) is 25.7 Å². The van der Waals surface area contributed by atoms with E-state index in [1.165, 1.54) is 0 Å². The van der Waals surface area contributed by atoms with Gasteiger partial charge >= 0.3 is 0 Å². The molecule has 0 aliphatic heterocycles. The molecule has 1 amide bonds. The molecule has 1 aliphatic carbocycles. The summed E-state index contributed by atoms with van der Waals surface area (Å²) in [5.74, 6) is 0.549. The van der Waals surface area contributed by atoms with Crippen LogP contribution in [0.1, 0.15) is 25.7 Å². The number of hydrogen-bond donors (Lipinski definition) is 2. The molecule has 5 heteroatoms. The molecule has 0 saturated heterocycles. The van der Waals surface area contributed by atoms with Crippen molar-refractivity contribution >= 4 is 11.9 Å². The summed E-state index contributed by atoms with van der Waals surface area (Å²) in [6.45, 7) is 4.66. The van der Waals surface area contributed by atoms with Crippen LogP contribution >= 0.6 is 0 Å². The van der Waals surface area contributed by atoms with Gasteiger partial charge in [0.15, 0.2) is 5.96 Å². The monoisotopic (exact) mass is 252 g/mol. The normalized spacial score (nSPS) is 18.4. The highest BCUT2D eigenvalue weighted by Crippen LogP contribution is 2.39. The third kappa shape index (κ3) is 3.48. The van der Waals surface area contributed by atoms with Crippen LogP contribution in [0.2, 0.25) is 0 Å². The first-order valence-corrected chi connectivity index (χ1v) is 6.38. The maximum absolute atomic E-state index is 12.3. The number of carbonyl (C=O) groups excluding carboxylic acids is 1. The van der Waals surface area contributed by atoms with Crippen molar-refractivity contribution in [2.24, 2.45) is 16.1 Å². The summed E-state index contributed by atoms with van der Waals surface area (Å²) in [5.41, 5.74) is 5.40. The summed E-state index contributed by atoms with van der Waals surface area (Å²) in [4.78, 5) is 18.2. The van der Waals surface area contributed by atoms with Crippen LogP contribution in [0.3, 0.4) is 0 Å². The molecule has 0 bridgehead atoms. The lowest BCUT2D eigenvalue weighted by Crippen LogP contribution is -2.42. The predicted molar refractivity (Wildman–Crippen MR) is 74.3 cm³/mol. The van der Waals surface area contributed by atoms with Gasteiger partial charge in [-0.1, -0.05) is 18.9 Å². The van der Waals surface area contributed by atoms with Crippen LogP contribution in [0.4, 0.5) is 0 Å². The molecular formula is C13H24N4O. The number of carbonyl (C=O) groups is 1. The van der Waals surface area contributed by atoms with Crippen LogP contribution in [0.5, 0.6) is 0 Å². The minimum Gasteiger partial charge on any atom is -0.370 e. The van der Waals surface area contributed by atoms with Gasteiger partial charge in [-0.25, -0.2) is 0 Å². The zero-order valence-corrected chi connectivity index (χ0v) is 11.4. The summed E-state index contributed by atoms with van der Waals surface area (Å²) in [7, 11) is 3.59. The summed E-state index contributed by atoms with van der Waals surface area (Å²) in [6, 6.07) is 0. The number of nitrogens with zero attached hydrogens (tertiary/aromatic N) is 2. The number of hydrogen-bond acceptors (Lipinski definition) is 2. The summed E-state index contributed by atoms with van der Waals surface area (Å²) < 4.78 is 0. The third-order valence-corrected chi connectivity index (χ3v) is 3.40. The maximum atomic E-state index is 12.3. The average molecular weight is 252 g/mol. The first-order chi connectivity index (χ1) is 8.52. The number of guanidine groups is 1. The van der Waals surface area contributed by atoms with Crippen LogP contribution in [-0.4, -0.2) is 44.0 Å². The van der Waals surface area contributed by atoms with E-state index < -0.39 is 0 Å². The van der Waals surface area contributed by atoms with Crippen molar-refractivity contribution in [3.8, 4) is 0 Å². The Hall–Kier alpha value is -1.52. The Morgan fingerprint density at radius 3 is 2.61 bits per heavy atom. The standard InChI is InChI=1S/C13H24N4O/c1-4-9-15-12(14)16-10-13(7-5-6-8-13)11(18)17(2)3/h4H,1,5-10H2,2-3H3,(H3,14,15,16). The second-order valence-electron chi connectivity index (χ2n) is 5.06. The van der Waals surface area contributed by atoms with Crippen LogP contribution in [0, 0.1) is 5.41 Å². The minimum absolute atomic E-state index is 0.167. The topological polar surface area (TPSA) is 70.7 Å². The Morgan fingerprint density at radius 2 is 2.11 bits per heavy atom. The largest absolute Gasteiger partial charge is 0.370 e. The zero-order valence-electron chi connectivity index (χ0n) is 11.4. The Bertz CT molecular complexity index is 330. The SMILES string of the molecule is C=CCNC(N)=NCC1(C(=O)N(C)C)CCCC1. The molecule has 1 fully saturated rings. The van der Waals surface area contributed by atoms with E-state index >= 15 is 0 Å². The first kappa shape index (κ1) is 14.5. The van der Waals surface area contributed by atoms with Crippen LogP contribution < -0.4 is 11.1 Å². The molecule has 0 spiro atoms. The van der Waals surface area contributed by atoms with E-state index in [2.05, 4.69) is 16.9 Å². The highest BCUT2D eigenvalue weighted by atomic mass is 16.2. The van der Waals surface area contributed by atoms with Gasteiger partial charge in [-0.2, -0.15) is 0 Å². The molecule has 1 rings (SSSR count). The highest BCUT2D eigenvalue weighted by molar-refractivity contribution is 5.84. The molecule has 0 heterocycles. The molecule has 1 saturated carbocycles. The van der Waals surface area contributed by atoms with Crippen molar-refractivity contribution in [3.05, 3.63) is 12.7 Å². The quantitative estimate of drug-likeness (QED) is 0.430. The third-order valence-electron chi connectivity index (χ3n) is 3.40. The lowest BCUT2D eigenvalue weighted by atomic mass is 9.85. The van der Waals surface area contributed by atoms with E-state index in [9.17, 15) is 4.79 Å². The van der Waals surface area contributed by atoms with Gasteiger partial charge in [-0.05, 0) is 12.8 Å². The van der Waals surface area contributed by atoms with Gasteiger partial charge in [0, 0.05) is 20.6 Å². The molecule has 0 atom stereocenters. The smallest absolute Gasteiger partial charge is 0.230 e. The second-order valence-corrected chi connectivity index (χ2v) is 5.06. The first-order valence-electron chi connectivity index (χ1n) is 6.38. The predicted octanol–water partition coefficient (Wildman–Crippen LogP) is 0.725. The average Bonchev–Trinajstić information content (AvgIpc) is 2.82. The molecule has 5 nitrogen and oxygen atoms in total. The van der Waals surface area contributed by atoms with Gasteiger partial charge in [-0.3, -0.25) is 9.79 Å². The van der Waals surface area contributed by atoms with E-state index in [4.69, 9.17) is 5.73 Å². The van der Waals surface area contributed by atoms with Crippen molar-refractivity contribution in [2.45, 2.75) is 25.7 Å². The molecule has 0 aromatic heterocycles. The number of nitrogens with one attached hydrogen (secondary N) is 1. The number of amides is 1. The van der Waals surface area contributed by atoms with E-state index in [0.29, 0.717) is 19.0 Å². The molecule has 0 radical (unpaired) electrons. The fourth-order valence-corrected chi connectivity index (χ4v) is 2.43. The van der Waals surface area contributed by atoms with Crippen molar-refractivity contribution < 1.29 is 4.79 Å². The van der Waals surface area contributed by atoms with Crippen molar-refractivity contribution in [1.82, 2.24) is 10.2 Å². The number of rotatable bonds is 5. The fourth-order valence-electron chi connectivity index (χ4n) is 2.43. The Labute approximate surface area is 109 Å². The lowest BCUT2D eigenvalue weighted by Gasteiger charge is -2.29. The van der Waals surface area contributed by atoms with Gasteiger partial charge in [0.25, 0.3) is 0 Å². The van der Waals surface area contributed by atoms with Gasteiger partial charge in [0.2, 0.25) is 5.91 Å². The zero-order chi connectivity index (χ0) is 13.6. The van der Waals surface area contributed by atoms with Gasteiger partial charge in [0.1, 0.15) is 0 Å². The summed E-state index contributed by atoms with van der Waals surface area (Å²) in [5, 5.41) is 2.93. The van der Waals surface area contributed by atoms with Gasteiger partial charge in [0.05, 0.1) is 12.0 Å². The summed E-state index contributed by atoms with van der Waals surface area (Å²) >= 11 is 0.